The van der Waals surface area contributed by atoms with E-state index in [1.807, 2.05) is 25.5 Å². The number of nitriles is 1. The zero-order valence-corrected chi connectivity index (χ0v) is 10.5. The predicted octanol–water partition coefficient (Wildman–Crippen LogP) is 1.73. The van der Waals surface area contributed by atoms with Gasteiger partial charge in [0.05, 0.1) is 30.4 Å². The van der Waals surface area contributed by atoms with E-state index in [1.54, 1.807) is 12.5 Å². The van der Waals surface area contributed by atoms with Crippen molar-refractivity contribution in [2.75, 3.05) is 0 Å². The van der Waals surface area contributed by atoms with Gasteiger partial charge in [0, 0.05) is 7.05 Å². The largest absolute Gasteiger partial charge is 0.339 e. The van der Waals surface area contributed by atoms with Crippen LogP contribution in [0, 0.1) is 22.7 Å². The Bertz CT molecular complexity index is 633. The maximum absolute atomic E-state index is 9.05. The van der Waals surface area contributed by atoms with Gasteiger partial charge in [-0.05, 0) is 5.41 Å². The highest BCUT2D eigenvalue weighted by Gasteiger charge is 2.62. The van der Waals surface area contributed by atoms with Crippen molar-refractivity contribution >= 4 is 0 Å². The standard InChI is InChI=1S/C12H13N5O/c1-12(2)7(4-13)9(12)11-15-10(16-18-11)8-5-14-6-17(8)3/h5-7,9H,1-3H3. The number of imidazole rings is 1. The molecule has 0 bridgehead atoms. The average molecular weight is 243 g/mol. The highest BCUT2D eigenvalue weighted by atomic mass is 16.5. The lowest BCUT2D eigenvalue weighted by molar-refractivity contribution is 0.368. The third kappa shape index (κ3) is 1.37. The smallest absolute Gasteiger partial charge is 0.232 e. The van der Waals surface area contributed by atoms with Crippen LogP contribution in [0.1, 0.15) is 25.7 Å². The first-order valence-corrected chi connectivity index (χ1v) is 5.75. The van der Waals surface area contributed by atoms with Crippen LogP contribution in [0.4, 0.5) is 0 Å². The average Bonchev–Trinajstić information content (AvgIpc) is 2.76. The monoisotopic (exact) mass is 243 g/mol. The van der Waals surface area contributed by atoms with Crippen molar-refractivity contribution < 1.29 is 4.52 Å². The quantitative estimate of drug-likeness (QED) is 0.802. The Balaban J connectivity index is 1.93. The summed E-state index contributed by atoms with van der Waals surface area (Å²) in [4.78, 5) is 8.40. The molecule has 1 saturated carbocycles. The van der Waals surface area contributed by atoms with Gasteiger partial charge in [-0.15, -0.1) is 0 Å². The Labute approximate surface area is 104 Å². The number of rotatable bonds is 2. The van der Waals surface area contributed by atoms with Crippen LogP contribution in [-0.2, 0) is 7.05 Å². The number of nitrogens with zero attached hydrogens (tertiary/aromatic N) is 5. The maximum Gasteiger partial charge on any atom is 0.232 e. The van der Waals surface area contributed by atoms with Gasteiger partial charge in [0.25, 0.3) is 0 Å². The van der Waals surface area contributed by atoms with Gasteiger partial charge in [0.15, 0.2) is 0 Å². The van der Waals surface area contributed by atoms with E-state index < -0.39 is 0 Å². The fraction of sp³-hybridized carbons (Fsp3) is 0.500. The molecule has 2 unspecified atom stereocenters. The fourth-order valence-electron chi connectivity index (χ4n) is 2.38. The second-order valence-corrected chi connectivity index (χ2v) is 5.25. The zero-order chi connectivity index (χ0) is 12.9. The molecule has 1 aliphatic rings. The Morgan fingerprint density at radius 2 is 2.28 bits per heavy atom. The summed E-state index contributed by atoms with van der Waals surface area (Å²) >= 11 is 0. The van der Waals surface area contributed by atoms with E-state index in [9.17, 15) is 0 Å². The molecule has 6 heteroatoms. The van der Waals surface area contributed by atoms with Gasteiger partial charge >= 0.3 is 0 Å². The second-order valence-electron chi connectivity index (χ2n) is 5.25. The molecule has 0 saturated heterocycles. The van der Waals surface area contributed by atoms with E-state index in [0.29, 0.717) is 11.7 Å². The van der Waals surface area contributed by atoms with Crippen LogP contribution in [-0.4, -0.2) is 19.7 Å². The summed E-state index contributed by atoms with van der Waals surface area (Å²) in [6.45, 7) is 4.08. The SMILES string of the molecule is Cn1cncc1-c1noc(C2C(C#N)C2(C)C)n1. The van der Waals surface area contributed by atoms with Crippen molar-refractivity contribution in [2.45, 2.75) is 19.8 Å². The lowest BCUT2D eigenvalue weighted by atomic mass is 10.1. The minimum Gasteiger partial charge on any atom is -0.339 e. The minimum atomic E-state index is -0.0784. The molecule has 3 rings (SSSR count). The van der Waals surface area contributed by atoms with Crippen molar-refractivity contribution in [2.24, 2.45) is 18.4 Å². The van der Waals surface area contributed by atoms with Gasteiger partial charge in [-0.25, -0.2) is 4.98 Å². The van der Waals surface area contributed by atoms with Crippen LogP contribution in [0.5, 0.6) is 0 Å². The first kappa shape index (κ1) is 11.0. The molecule has 0 radical (unpaired) electrons. The van der Waals surface area contributed by atoms with Gasteiger partial charge < -0.3 is 9.09 Å². The van der Waals surface area contributed by atoms with Gasteiger partial charge in [-0.3, -0.25) is 0 Å². The third-order valence-electron chi connectivity index (χ3n) is 3.72. The van der Waals surface area contributed by atoms with E-state index in [4.69, 9.17) is 9.78 Å². The van der Waals surface area contributed by atoms with Crippen LogP contribution in [0.2, 0.25) is 0 Å². The lowest BCUT2D eigenvalue weighted by Crippen LogP contribution is -1.92. The Morgan fingerprint density at radius 3 is 2.83 bits per heavy atom. The Morgan fingerprint density at radius 1 is 1.50 bits per heavy atom. The summed E-state index contributed by atoms with van der Waals surface area (Å²) in [6.07, 6.45) is 3.37. The normalized spacial score (nSPS) is 24.8. The molecule has 0 spiro atoms. The number of hydrogen-bond acceptors (Lipinski definition) is 5. The number of aromatic nitrogens is 4. The molecule has 92 valence electrons. The summed E-state index contributed by atoms with van der Waals surface area (Å²) in [5.41, 5.74) is 0.724. The van der Waals surface area contributed by atoms with Crippen molar-refractivity contribution in [1.29, 1.82) is 5.26 Å². The highest BCUT2D eigenvalue weighted by molar-refractivity contribution is 5.47. The molecule has 6 nitrogen and oxygen atoms in total. The third-order valence-corrected chi connectivity index (χ3v) is 3.72. The summed E-state index contributed by atoms with van der Waals surface area (Å²) in [5.74, 6) is 1.06. The Hall–Kier alpha value is -2.16. The van der Waals surface area contributed by atoms with E-state index in [-0.39, 0.29) is 17.3 Å². The topological polar surface area (TPSA) is 80.5 Å². The molecule has 18 heavy (non-hydrogen) atoms. The van der Waals surface area contributed by atoms with E-state index in [2.05, 4.69) is 21.2 Å². The maximum atomic E-state index is 9.05. The van der Waals surface area contributed by atoms with Crippen molar-refractivity contribution in [3.05, 3.63) is 18.4 Å². The van der Waals surface area contributed by atoms with Crippen LogP contribution >= 0.6 is 0 Å². The van der Waals surface area contributed by atoms with E-state index in [1.165, 1.54) is 0 Å². The predicted molar refractivity (Wildman–Crippen MR) is 62.1 cm³/mol. The van der Waals surface area contributed by atoms with Crippen molar-refractivity contribution in [3.8, 4) is 17.6 Å². The van der Waals surface area contributed by atoms with Crippen LogP contribution in [0.3, 0.4) is 0 Å². The fourth-order valence-corrected chi connectivity index (χ4v) is 2.38. The van der Waals surface area contributed by atoms with Crippen molar-refractivity contribution in [3.63, 3.8) is 0 Å². The lowest BCUT2D eigenvalue weighted by Gasteiger charge is -1.95. The summed E-state index contributed by atoms with van der Waals surface area (Å²) < 4.78 is 7.11. The number of hydrogen-bond donors (Lipinski definition) is 0. The molecular formula is C12H13N5O. The summed E-state index contributed by atoms with van der Waals surface area (Å²) in [6, 6.07) is 2.29. The molecule has 1 fully saturated rings. The molecule has 0 N–H and O–H groups in total. The van der Waals surface area contributed by atoms with Crippen LogP contribution < -0.4 is 0 Å². The second kappa shape index (κ2) is 3.42. The van der Waals surface area contributed by atoms with Crippen LogP contribution in [0.15, 0.2) is 17.0 Å². The molecule has 0 amide bonds. The van der Waals surface area contributed by atoms with Gasteiger partial charge in [-0.2, -0.15) is 10.2 Å². The molecular weight excluding hydrogens is 230 g/mol. The summed E-state index contributed by atoms with van der Waals surface area (Å²) in [5, 5.41) is 13.0. The molecule has 2 aromatic heterocycles. The van der Waals surface area contributed by atoms with Crippen LogP contribution in [0.25, 0.3) is 11.5 Å². The molecule has 2 aromatic rings. The molecule has 2 atom stereocenters. The molecule has 0 aromatic carbocycles. The first-order chi connectivity index (χ1) is 8.55. The highest BCUT2D eigenvalue weighted by Crippen LogP contribution is 2.63. The van der Waals surface area contributed by atoms with Gasteiger partial charge in [0.1, 0.15) is 5.69 Å². The zero-order valence-electron chi connectivity index (χ0n) is 10.5. The van der Waals surface area contributed by atoms with E-state index in [0.717, 1.165) is 5.69 Å². The Kier molecular flexibility index (Phi) is 2.08. The van der Waals surface area contributed by atoms with Crippen molar-refractivity contribution in [1.82, 2.24) is 19.7 Å². The van der Waals surface area contributed by atoms with E-state index >= 15 is 0 Å². The van der Waals surface area contributed by atoms with Gasteiger partial charge in [0.2, 0.25) is 11.7 Å². The minimum absolute atomic E-state index is 0.0389. The molecule has 2 heterocycles. The van der Waals surface area contributed by atoms with Gasteiger partial charge in [-0.1, -0.05) is 19.0 Å². The summed E-state index contributed by atoms with van der Waals surface area (Å²) in [7, 11) is 1.87. The first-order valence-electron chi connectivity index (χ1n) is 5.75. The number of aryl methyl sites for hydroxylation is 1. The molecule has 1 aliphatic carbocycles. The molecule has 0 aliphatic heterocycles.